The molecule has 1 heterocycles. The minimum atomic E-state index is -0.457. The van der Waals surface area contributed by atoms with Gasteiger partial charge in [0, 0.05) is 0 Å². The number of benzene rings is 1. The van der Waals surface area contributed by atoms with Crippen molar-refractivity contribution in [3.63, 3.8) is 0 Å². The summed E-state index contributed by atoms with van der Waals surface area (Å²) < 4.78 is 17.2. The van der Waals surface area contributed by atoms with E-state index in [-0.39, 0.29) is 12.2 Å². The number of methoxy groups -OCH3 is 1. The number of aliphatic hydroxyl groups excluding tert-OH is 1. The molecule has 1 aliphatic heterocycles. The van der Waals surface area contributed by atoms with Crippen LogP contribution in [0.2, 0.25) is 0 Å². The Kier molecular flexibility index (Phi) is 4.55. The Hall–Kier alpha value is -1.10. The van der Waals surface area contributed by atoms with E-state index in [0.29, 0.717) is 24.4 Å². The van der Waals surface area contributed by atoms with Crippen LogP contribution in [0.15, 0.2) is 18.2 Å². The maximum absolute atomic E-state index is 10.7. The zero-order valence-electron chi connectivity index (χ0n) is 15.5. The molecule has 3 aliphatic rings. The summed E-state index contributed by atoms with van der Waals surface area (Å²) in [5.74, 6) is 2.07. The van der Waals surface area contributed by atoms with Crippen LogP contribution in [-0.2, 0) is 22.3 Å². The lowest BCUT2D eigenvalue weighted by molar-refractivity contribution is -0.139. The lowest BCUT2D eigenvalue weighted by atomic mass is 9.73. The van der Waals surface area contributed by atoms with Crippen molar-refractivity contribution in [2.45, 2.75) is 63.9 Å². The highest BCUT2D eigenvalue weighted by Crippen LogP contribution is 2.48. The fourth-order valence-electron chi connectivity index (χ4n) is 5.28. The molecule has 1 aromatic carbocycles. The second kappa shape index (κ2) is 6.57. The standard InChI is InChI=1S/C21H30O4/c1-21(2)24-12-15(25-21)7-8-16-17-9-13-5-4-6-20(23-3)18(13)10-14(17)11-19(16)22/h4-6,14-17,19,22H,7-12H2,1-3H3/t14-,15+,16+,17-,19+/m0/s1. The van der Waals surface area contributed by atoms with Crippen molar-refractivity contribution in [1.82, 2.24) is 0 Å². The van der Waals surface area contributed by atoms with Crippen molar-refractivity contribution in [3.05, 3.63) is 29.3 Å². The van der Waals surface area contributed by atoms with Crippen molar-refractivity contribution in [3.8, 4) is 5.75 Å². The van der Waals surface area contributed by atoms with E-state index < -0.39 is 5.79 Å². The average Bonchev–Trinajstić information content (AvgIpc) is 3.08. The summed E-state index contributed by atoms with van der Waals surface area (Å²) in [7, 11) is 1.75. The lowest BCUT2D eigenvalue weighted by Gasteiger charge is -2.32. The van der Waals surface area contributed by atoms with Gasteiger partial charge < -0.3 is 19.3 Å². The summed E-state index contributed by atoms with van der Waals surface area (Å²) >= 11 is 0. The van der Waals surface area contributed by atoms with E-state index in [1.807, 2.05) is 13.8 Å². The fraction of sp³-hybridized carbons (Fsp3) is 0.714. The molecule has 25 heavy (non-hydrogen) atoms. The molecule has 4 nitrogen and oxygen atoms in total. The summed E-state index contributed by atoms with van der Waals surface area (Å²) in [6.07, 6.45) is 4.98. The zero-order valence-corrected chi connectivity index (χ0v) is 15.5. The first-order valence-electron chi connectivity index (χ1n) is 9.61. The van der Waals surface area contributed by atoms with Crippen molar-refractivity contribution in [1.29, 1.82) is 0 Å². The Labute approximate surface area is 150 Å². The molecule has 5 atom stereocenters. The zero-order chi connectivity index (χ0) is 17.6. The molecule has 0 aromatic heterocycles. The number of fused-ring (bicyclic) bond motifs is 2. The van der Waals surface area contributed by atoms with Crippen molar-refractivity contribution in [2.24, 2.45) is 17.8 Å². The van der Waals surface area contributed by atoms with Crippen LogP contribution in [0.1, 0.15) is 44.2 Å². The van der Waals surface area contributed by atoms with Crippen LogP contribution < -0.4 is 4.74 Å². The summed E-state index contributed by atoms with van der Waals surface area (Å²) in [6.45, 7) is 4.61. The van der Waals surface area contributed by atoms with Gasteiger partial charge in [-0.05, 0) is 80.9 Å². The predicted molar refractivity (Wildman–Crippen MR) is 95.6 cm³/mol. The smallest absolute Gasteiger partial charge is 0.163 e. The molecule has 0 radical (unpaired) electrons. The van der Waals surface area contributed by atoms with Crippen LogP contribution in [0.5, 0.6) is 5.75 Å². The largest absolute Gasteiger partial charge is 0.496 e. The van der Waals surface area contributed by atoms with E-state index in [0.717, 1.165) is 37.9 Å². The van der Waals surface area contributed by atoms with Gasteiger partial charge in [-0.2, -0.15) is 0 Å². The molecule has 4 rings (SSSR count). The van der Waals surface area contributed by atoms with Gasteiger partial charge in [0.2, 0.25) is 0 Å². The highest BCUT2D eigenvalue weighted by Gasteiger charge is 2.45. The third-order valence-electron chi connectivity index (χ3n) is 6.46. The van der Waals surface area contributed by atoms with E-state index in [1.54, 1.807) is 7.11 Å². The van der Waals surface area contributed by atoms with Gasteiger partial charge in [-0.3, -0.25) is 0 Å². The molecule has 0 amide bonds. The summed E-state index contributed by atoms with van der Waals surface area (Å²) in [4.78, 5) is 0. The van der Waals surface area contributed by atoms with E-state index in [9.17, 15) is 5.11 Å². The minimum absolute atomic E-state index is 0.164. The first-order valence-corrected chi connectivity index (χ1v) is 9.61. The third kappa shape index (κ3) is 3.32. The van der Waals surface area contributed by atoms with Crippen LogP contribution in [0.3, 0.4) is 0 Å². The number of hydrogen-bond donors (Lipinski definition) is 1. The second-order valence-corrected chi connectivity index (χ2v) is 8.43. The summed E-state index contributed by atoms with van der Waals surface area (Å²) in [5, 5.41) is 10.7. The highest BCUT2D eigenvalue weighted by atomic mass is 16.7. The summed E-state index contributed by atoms with van der Waals surface area (Å²) in [5.41, 5.74) is 2.76. The maximum Gasteiger partial charge on any atom is 0.163 e. The summed E-state index contributed by atoms with van der Waals surface area (Å²) in [6, 6.07) is 6.37. The molecule has 1 N–H and O–H groups in total. The molecule has 1 saturated heterocycles. The van der Waals surface area contributed by atoms with Crippen molar-refractivity contribution < 1.29 is 19.3 Å². The number of rotatable bonds is 4. The Morgan fingerprint density at radius 3 is 2.80 bits per heavy atom. The topological polar surface area (TPSA) is 47.9 Å². The van der Waals surface area contributed by atoms with Crippen molar-refractivity contribution >= 4 is 0 Å². The first-order chi connectivity index (χ1) is 12.0. The molecule has 0 spiro atoms. The molecular weight excluding hydrogens is 316 g/mol. The van der Waals surface area contributed by atoms with Gasteiger partial charge in [0.25, 0.3) is 0 Å². The van der Waals surface area contributed by atoms with Crippen LogP contribution in [0, 0.1) is 17.8 Å². The van der Waals surface area contributed by atoms with Gasteiger partial charge in [-0.1, -0.05) is 12.1 Å². The minimum Gasteiger partial charge on any atom is -0.496 e. The molecule has 4 heteroatoms. The quantitative estimate of drug-likeness (QED) is 0.908. The SMILES string of the molecule is COc1cccc2c1C[C@H]1C[C@@H](O)[C@H](CC[C@@H]3COC(C)(C)O3)[C@H]1C2. The van der Waals surface area contributed by atoms with Crippen LogP contribution in [-0.4, -0.2) is 36.8 Å². The molecule has 2 fully saturated rings. The average molecular weight is 346 g/mol. The van der Waals surface area contributed by atoms with Gasteiger partial charge in [0.05, 0.1) is 25.9 Å². The number of hydrogen-bond acceptors (Lipinski definition) is 4. The first kappa shape index (κ1) is 17.3. The fourth-order valence-corrected chi connectivity index (χ4v) is 5.28. The Balaban J connectivity index is 1.44. The van der Waals surface area contributed by atoms with E-state index in [1.165, 1.54) is 11.1 Å². The molecule has 0 unspecified atom stereocenters. The normalized spacial score (nSPS) is 36.1. The van der Waals surface area contributed by atoms with Crippen LogP contribution in [0.4, 0.5) is 0 Å². The van der Waals surface area contributed by atoms with Gasteiger partial charge in [0.1, 0.15) is 5.75 Å². The van der Waals surface area contributed by atoms with Crippen LogP contribution >= 0.6 is 0 Å². The number of aliphatic hydroxyl groups is 1. The third-order valence-corrected chi connectivity index (χ3v) is 6.46. The monoisotopic (exact) mass is 346 g/mol. The number of ether oxygens (including phenoxy) is 3. The molecule has 138 valence electrons. The Bertz CT molecular complexity index is 626. The molecule has 1 aromatic rings. The molecule has 2 aliphatic carbocycles. The van der Waals surface area contributed by atoms with Crippen LogP contribution in [0.25, 0.3) is 0 Å². The Morgan fingerprint density at radius 2 is 2.08 bits per heavy atom. The molecule has 0 bridgehead atoms. The lowest BCUT2D eigenvalue weighted by Crippen LogP contribution is -2.28. The molecule has 1 saturated carbocycles. The predicted octanol–water partition coefficient (Wildman–Crippen LogP) is 3.34. The second-order valence-electron chi connectivity index (χ2n) is 8.43. The molecular formula is C21H30O4. The van der Waals surface area contributed by atoms with Gasteiger partial charge in [0.15, 0.2) is 5.79 Å². The Morgan fingerprint density at radius 1 is 1.24 bits per heavy atom. The van der Waals surface area contributed by atoms with Gasteiger partial charge in [-0.25, -0.2) is 0 Å². The van der Waals surface area contributed by atoms with E-state index in [4.69, 9.17) is 14.2 Å². The van der Waals surface area contributed by atoms with E-state index >= 15 is 0 Å². The highest BCUT2D eigenvalue weighted by molar-refractivity contribution is 5.43. The van der Waals surface area contributed by atoms with Gasteiger partial charge >= 0.3 is 0 Å². The van der Waals surface area contributed by atoms with E-state index in [2.05, 4.69) is 18.2 Å². The van der Waals surface area contributed by atoms with Gasteiger partial charge in [-0.15, -0.1) is 0 Å². The maximum atomic E-state index is 10.7. The van der Waals surface area contributed by atoms with Crippen molar-refractivity contribution in [2.75, 3.05) is 13.7 Å².